The van der Waals surface area contributed by atoms with E-state index in [0.717, 1.165) is 36.7 Å². The van der Waals surface area contributed by atoms with Crippen LogP contribution in [0.5, 0.6) is 0 Å². The summed E-state index contributed by atoms with van der Waals surface area (Å²) in [5, 5.41) is 0. The predicted octanol–water partition coefficient (Wildman–Crippen LogP) is 3.36. The summed E-state index contributed by atoms with van der Waals surface area (Å²) < 4.78 is 5.55. The molecule has 110 valence electrons. The predicted molar refractivity (Wildman–Crippen MR) is 86.0 cm³/mol. The number of anilines is 2. The van der Waals surface area contributed by atoms with Gasteiger partial charge in [0, 0.05) is 17.9 Å². The number of rotatable bonds is 2. The number of nitrogens with zero attached hydrogens (tertiary/aromatic N) is 2. The van der Waals surface area contributed by atoms with E-state index in [2.05, 4.69) is 16.0 Å². The van der Waals surface area contributed by atoms with E-state index >= 15 is 0 Å². The Labute approximate surface area is 131 Å². The van der Waals surface area contributed by atoms with E-state index < -0.39 is 0 Å². The van der Waals surface area contributed by atoms with Crippen molar-refractivity contribution >= 4 is 36.2 Å². The molecule has 4 nitrogen and oxygen atoms in total. The fraction of sp³-hybridized carbons (Fsp3) is 0.357. The number of fused-ring (bicyclic) bond motifs is 1. The van der Waals surface area contributed by atoms with Crippen molar-refractivity contribution in [2.45, 2.75) is 26.3 Å². The van der Waals surface area contributed by atoms with Gasteiger partial charge in [-0.2, -0.15) is 0 Å². The molecule has 0 aliphatic carbocycles. The van der Waals surface area contributed by atoms with Crippen molar-refractivity contribution in [3.05, 3.63) is 41.6 Å². The maximum Gasteiger partial charge on any atom is 0.213 e. The largest absolute Gasteiger partial charge is 0.444 e. The Kier molecular flexibility index (Phi) is 5.72. The van der Waals surface area contributed by atoms with E-state index in [0.29, 0.717) is 6.54 Å². The average Bonchev–Trinajstić information content (AvgIpc) is 2.76. The third kappa shape index (κ3) is 3.19. The van der Waals surface area contributed by atoms with Crippen LogP contribution < -0.4 is 10.6 Å². The van der Waals surface area contributed by atoms with E-state index in [9.17, 15) is 0 Å². The zero-order chi connectivity index (χ0) is 12.5. The van der Waals surface area contributed by atoms with Crippen LogP contribution in [0, 0.1) is 6.92 Å². The highest BCUT2D eigenvalue weighted by molar-refractivity contribution is 5.85. The van der Waals surface area contributed by atoms with Crippen LogP contribution in [0.25, 0.3) is 0 Å². The van der Waals surface area contributed by atoms with Gasteiger partial charge in [-0.1, -0.05) is 6.07 Å². The summed E-state index contributed by atoms with van der Waals surface area (Å²) in [6, 6.07) is 6.10. The number of nitrogens with two attached hydrogens (primary N) is 1. The number of aromatic nitrogens is 1. The van der Waals surface area contributed by atoms with Crippen molar-refractivity contribution in [2.75, 3.05) is 17.2 Å². The number of nitrogen functional groups attached to an aromatic ring is 1. The summed E-state index contributed by atoms with van der Waals surface area (Å²) in [5.74, 6) is 1.62. The minimum absolute atomic E-state index is 0. The van der Waals surface area contributed by atoms with E-state index in [1.807, 2.05) is 19.1 Å². The zero-order valence-corrected chi connectivity index (χ0v) is 13.0. The Morgan fingerprint density at radius 1 is 1.35 bits per heavy atom. The molecule has 1 aromatic heterocycles. The Bertz CT molecular complexity index is 571. The minimum atomic E-state index is 0. The molecule has 0 spiro atoms. The molecule has 0 bridgehead atoms. The van der Waals surface area contributed by atoms with Gasteiger partial charge in [-0.3, -0.25) is 0 Å². The highest BCUT2D eigenvalue weighted by atomic mass is 35.5. The number of oxazole rings is 1. The lowest BCUT2D eigenvalue weighted by molar-refractivity contribution is 0.462. The lowest BCUT2D eigenvalue weighted by Crippen LogP contribution is -2.29. The Hall–Kier alpha value is -1.39. The molecule has 1 aliphatic rings. The van der Waals surface area contributed by atoms with E-state index in [1.165, 1.54) is 11.3 Å². The molecule has 0 saturated carbocycles. The van der Waals surface area contributed by atoms with Crippen molar-refractivity contribution in [3.8, 4) is 0 Å². The van der Waals surface area contributed by atoms with Gasteiger partial charge in [0.15, 0.2) is 0 Å². The van der Waals surface area contributed by atoms with Gasteiger partial charge in [-0.25, -0.2) is 4.98 Å². The first-order valence-corrected chi connectivity index (χ1v) is 6.27. The molecule has 0 saturated heterocycles. The minimum Gasteiger partial charge on any atom is -0.444 e. The van der Waals surface area contributed by atoms with Crippen LogP contribution in [0.15, 0.2) is 28.8 Å². The summed E-state index contributed by atoms with van der Waals surface area (Å²) in [7, 11) is 0. The number of halogens is 2. The van der Waals surface area contributed by atoms with E-state index in [1.54, 1.807) is 6.20 Å². The molecule has 2 N–H and O–H groups in total. The molecule has 0 unspecified atom stereocenters. The fourth-order valence-electron chi connectivity index (χ4n) is 2.53. The summed E-state index contributed by atoms with van der Waals surface area (Å²) in [4.78, 5) is 6.56. The third-order valence-corrected chi connectivity index (χ3v) is 3.38. The molecular formula is C14H19Cl2N3O. The van der Waals surface area contributed by atoms with Crippen LogP contribution in [0.4, 0.5) is 11.4 Å². The topological polar surface area (TPSA) is 55.3 Å². The van der Waals surface area contributed by atoms with Crippen molar-refractivity contribution in [3.63, 3.8) is 0 Å². The Morgan fingerprint density at radius 2 is 2.15 bits per heavy atom. The Morgan fingerprint density at radius 3 is 2.85 bits per heavy atom. The first-order chi connectivity index (χ1) is 8.74. The van der Waals surface area contributed by atoms with Crippen LogP contribution in [0.2, 0.25) is 0 Å². The molecule has 20 heavy (non-hydrogen) atoms. The second kappa shape index (κ2) is 6.86. The highest BCUT2D eigenvalue weighted by Crippen LogP contribution is 2.32. The normalized spacial score (nSPS) is 13.2. The lowest BCUT2D eigenvalue weighted by atomic mass is 10.00. The highest BCUT2D eigenvalue weighted by Gasteiger charge is 2.19. The first kappa shape index (κ1) is 16.7. The van der Waals surface area contributed by atoms with Crippen LogP contribution in [-0.4, -0.2) is 11.5 Å². The maximum atomic E-state index is 6.04. The molecule has 2 aromatic rings. The van der Waals surface area contributed by atoms with Gasteiger partial charge in [-0.15, -0.1) is 24.8 Å². The van der Waals surface area contributed by atoms with E-state index in [4.69, 9.17) is 10.2 Å². The molecular weight excluding hydrogens is 297 g/mol. The molecule has 0 amide bonds. The molecule has 2 heterocycles. The van der Waals surface area contributed by atoms with Crippen molar-refractivity contribution in [1.29, 1.82) is 0 Å². The first-order valence-electron chi connectivity index (χ1n) is 6.27. The summed E-state index contributed by atoms with van der Waals surface area (Å²) in [6.07, 6.45) is 3.95. The van der Waals surface area contributed by atoms with Crippen LogP contribution in [0.3, 0.4) is 0 Å². The number of hydrogen-bond donors (Lipinski definition) is 1. The van der Waals surface area contributed by atoms with Gasteiger partial charge in [0.2, 0.25) is 5.89 Å². The summed E-state index contributed by atoms with van der Waals surface area (Å²) in [5.41, 5.74) is 9.40. The fourth-order valence-corrected chi connectivity index (χ4v) is 2.53. The average molecular weight is 316 g/mol. The van der Waals surface area contributed by atoms with Gasteiger partial charge < -0.3 is 15.1 Å². The summed E-state index contributed by atoms with van der Waals surface area (Å²) in [6.45, 7) is 3.65. The monoisotopic (exact) mass is 315 g/mol. The lowest BCUT2D eigenvalue weighted by Gasteiger charge is -2.30. The zero-order valence-electron chi connectivity index (χ0n) is 11.3. The smallest absolute Gasteiger partial charge is 0.213 e. The van der Waals surface area contributed by atoms with Gasteiger partial charge in [0.25, 0.3) is 0 Å². The van der Waals surface area contributed by atoms with Gasteiger partial charge in [0.1, 0.15) is 5.76 Å². The van der Waals surface area contributed by atoms with Gasteiger partial charge >= 0.3 is 0 Å². The molecule has 0 radical (unpaired) electrons. The Balaban J connectivity index is 0.000001000. The van der Waals surface area contributed by atoms with Crippen LogP contribution >= 0.6 is 24.8 Å². The SMILES string of the molecule is Cc1cnc(CN2CCCc3c(N)cccc32)o1.Cl.Cl. The second-order valence-corrected chi connectivity index (χ2v) is 4.73. The number of hydrogen-bond acceptors (Lipinski definition) is 4. The molecule has 1 aliphatic heterocycles. The maximum absolute atomic E-state index is 6.04. The number of benzene rings is 1. The van der Waals surface area contributed by atoms with Crippen LogP contribution in [0.1, 0.15) is 23.6 Å². The van der Waals surface area contributed by atoms with Crippen molar-refractivity contribution in [2.24, 2.45) is 0 Å². The standard InChI is InChI=1S/C14H17N3O.2ClH/c1-10-8-16-14(18-10)9-17-7-3-4-11-12(15)5-2-6-13(11)17;;/h2,5-6,8H,3-4,7,9,15H2,1H3;2*1H. The van der Waals surface area contributed by atoms with E-state index in [-0.39, 0.29) is 24.8 Å². The van der Waals surface area contributed by atoms with Gasteiger partial charge in [0.05, 0.1) is 12.7 Å². The number of aryl methyl sites for hydroxylation is 1. The van der Waals surface area contributed by atoms with Gasteiger partial charge in [-0.05, 0) is 37.5 Å². The van der Waals surface area contributed by atoms with Crippen LogP contribution in [-0.2, 0) is 13.0 Å². The molecule has 0 atom stereocenters. The molecule has 3 rings (SSSR count). The van der Waals surface area contributed by atoms with Crippen molar-refractivity contribution < 1.29 is 4.42 Å². The molecule has 1 aromatic carbocycles. The molecule has 6 heteroatoms. The summed E-state index contributed by atoms with van der Waals surface area (Å²) >= 11 is 0. The third-order valence-electron chi connectivity index (χ3n) is 3.38. The van der Waals surface area contributed by atoms with Crippen molar-refractivity contribution in [1.82, 2.24) is 4.98 Å². The quantitative estimate of drug-likeness (QED) is 0.863. The molecule has 0 fully saturated rings. The second-order valence-electron chi connectivity index (χ2n) is 4.73.